The topological polar surface area (TPSA) is 209 Å². The standard InChI is InChI=1S/2C18H28N2O3.C2H2O4/c2*1-18(2,3)20-17(21)7-6-14-13-11-16(23-5)15(22-4)10-12(13)8-9-19-14;3-1(4)2(5)6/h2*10-11,14,19H,6-9H2,1-5H3,(H,20,21);(H,3,4)(H,5,6). The molecule has 0 radical (unpaired) electrons. The van der Waals surface area contributed by atoms with E-state index in [-0.39, 0.29) is 22.9 Å². The second kappa shape index (κ2) is 19.9. The van der Waals surface area contributed by atoms with Crippen LogP contribution in [0.3, 0.4) is 0 Å². The van der Waals surface area contributed by atoms with Gasteiger partial charge >= 0.3 is 0 Å². The third-order valence-corrected chi connectivity index (χ3v) is 8.38. The highest BCUT2D eigenvalue weighted by Crippen LogP contribution is 2.36. The second-order valence-corrected chi connectivity index (χ2v) is 14.8. The maximum absolute atomic E-state index is 12.1. The normalized spacial score (nSPS) is 16.2. The largest absolute Gasteiger partial charge is 0.543 e. The molecular formula is C38H58N4O10. The van der Waals surface area contributed by atoms with Crippen LogP contribution in [0.15, 0.2) is 24.3 Å². The number of carbonyl (C=O) groups excluding carboxylic acids is 4. The number of carboxylic acids is 2. The average molecular weight is 731 g/mol. The second-order valence-electron chi connectivity index (χ2n) is 14.8. The first-order valence-electron chi connectivity index (χ1n) is 17.5. The Bertz CT molecular complexity index is 1420. The van der Waals surface area contributed by atoms with Crippen molar-refractivity contribution in [3.8, 4) is 23.0 Å². The Morgan fingerprint density at radius 3 is 1.19 bits per heavy atom. The molecule has 2 aliphatic rings. The molecule has 2 aliphatic heterocycles. The SMILES string of the molecule is COc1cc2c(cc1OC)C(CCC(=O)NC(C)(C)C)[NH2+]CC2.COc1cc2c(cc1OC)C(CCC(=O)NC(C)(C)C)[NH2+]CC2.O=C([O-])C(=O)[O-]. The predicted molar refractivity (Wildman–Crippen MR) is 190 cm³/mol. The van der Waals surface area contributed by atoms with E-state index in [4.69, 9.17) is 38.7 Å². The van der Waals surface area contributed by atoms with Gasteiger partial charge in [0.05, 0.1) is 53.5 Å². The van der Waals surface area contributed by atoms with E-state index in [1.54, 1.807) is 28.4 Å². The van der Waals surface area contributed by atoms with Crippen LogP contribution in [0.4, 0.5) is 0 Å². The minimum Gasteiger partial charge on any atom is -0.543 e. The number of rotatable bonds is 10. The zero-order valence-electron chi connectivity index (χ0n) is 32.4. The first-order valence-corrected chi connectivity index (χ1v) is 17.5. The third kappa shape index (κ3) is 14.2. The number of hydrogen-bond donors (Lipinski definition) is 4. The maximum Gasteiger partial charge on any atom is 0.220 e. The lowest BCUT2D eigenvalue weighted by atomic mass is 9.91. The van der Waals surface area contributed by atoms with Crippen molar-refractivity contribution >= 4 is 23.8 Å². The molecule has 0 aromatic heterocycles. The van der Waals surface area contributed by atoms with E-state index in [9.17, 15) is 9.59 Å². The van der Waals surface area contributed by atoms with Gasteiger partial charge in [-0.1, -0.05) is 0 Å². The van der Waals surface area contributed by atoms with Crippen molar-refractivity contribution in [2.24, 2.45) is 0 Å². The average Bonchev–Trinajstić information content (AvgIpc) is 3.07. The monoisotopic (exact) mass is 730 g/mol. The van der Waals surface area contributed by atoms with Crippen LogP contribution >= 0.6 is 0 Å². The Hall–Kier alpha value is -4.56. The lowest BCUT2D eigenvalue weighted by molar-refractivity contribution is -0.699. The summed E-state index contributed by atoms with van der Waals surface area (Å²) in [6.07, 6.45) is 4.74. The minimum absolute atomic E-state index is 0.110. The van der Waals surface area contributed by atoms with Crippen LogP contribution in [0.1, 0.15) is 102 Å². The van der Waals surface area contributed by atoms with Gasteiger partial charge < -0.3 is 60.0 Å². The number of quaternary nitrogens is 2. The molecule has 2 heterocycles. The van der Waals surface area contributed by atoms with Crippen LogP contribution in [0.2, 0.25) is 0 Å². The van der Waals surface area contributed by atoms with E-state index in [0.717, 1.165) is 61.8 Å². The van der Waals surface area contributed by atoms with E-state index in [1.807, 2.05) is 41.5 Å². The highest BCUT2D eigenvalue weighted by molar-refractivity contribution is 6.25. The van der Waals surface area contributed by atoms with E-state index in [2.05, 4.69) is 45.5 Å². The number of nitrogens with one attached hydrogen (secondary N) is 2. The molecule has 2 aromatic carbocycles. The molecule has 4 rings (SSSR count). The summed E-state index contributed by atoms with van der Waals surface area (Å²) in [4.78, 5) is 42.0. The van der Waals surface area contributed by atoms with Gasteiger partial charge in [-0.25, -0.2) is 0 Å². The van der Waals surface area contributed by atoms with Gasteiger partial charge in [-0.15, -0.1) is 0 Å². The molecule has 0 bridgehead atoms. The van der Waals surface area contributed by atoms with Crippen molar-refractivity contribution in [2.75, 3.05) is 41.5 Å². The maximum atomic E-state index is 12.1. The predicted octanol–water partition coefficient (Wildman–Crippen LogP) is -0.395. The molecule has 0 aliphatic carbocycles. The summed E-state index contributed by atoms with van der Waals surface area (Å²) in [5, 5.41) is 28.5. The van der Waals surface area contributed by atoms with Gasteiger partial charge in [0, 0.05) is 60.7 Å². The molecule has 0 saturated heterocycles. The minimum atomic E-state index is -2.19. The molecule has 0 fully saturated rings. The highest BCUT2D eigenvalue weighted by Gasteiger charge is 2.28. The van der Waals surface area contributed by atoms with Gasteiger partial charge in [0.25, 0.3) is 0 Å². The first-order chi connectivity index (χ1) is 24.3. The fourth-order valence-corrected chi connectivity index (χ4v) is 6.21. The molecule has 0 saturated carbocycles. The highest BCUT2D eigenvalue weighted by atomic mass is 16.5. The van der Waals surface area contributed by atoms with Gasteiger partial charge in [-0.05, 0) is 76.9 Å². The lowest BCUT2D eigenvalue weighted by Crippen LogP contribution is -2.87. The van der Waals surface area contributed by atoms with Crippen molar-refractivity contribution in [1.29, 1.82) is 0 Å². The number of methoxy groups -OCH3 is 4. The van der Waals surface area contributed by atoms with Crippen LogP contribution in [-0.2, 0) is 32.0 Å². The molecule has 2 aromatic rings. The van der Waals surface area contributed by atoms with Crippen molar-refractivity contribution in [1.82, 2.24) is 10.6 Å². The molecule has 290 valence electrons. The molecule has 2 atom stereocenters. The number of ether oxygens (including phenoxy) is 4. The fraction of sp³-hybridized carbons (Fsp3) is 0.579. The van der Waals surface area contributed by atoms with Crippen LogP contribution < -0.4 is 50.4 Å². The van der Waals surface area contributed by atoms with Crippen molar-refractivity contribution in [2.45, 2.75) is 103 Å². The van der Waals surface area contributed by atoms with Gasteiger partial charge in [-0.2, -0.15) is 0 Å². The fourth-order valence-electron chi connectivity index (χ4n) is 6.21. The number of hydrogen-bond acceptors (Lipinski definition) is 10. The zero-order chi connectivity index (χ0) is 39.2. The Morgan fingerprint density at radius 1 is 0.615 bits per heavy atom. The number of nitrogens with two attached hydrogens (primary N) is 2. The Labute approximate surface area is 307 Å². The van der Waals surface area contributed by atoms with E-state index in [1.165, 1.54) is 22.3 Å². The number of carbonyl (C=O) groups is 4. The first kappa shape index (κ1) is 43.6. The molecule has 6 N–H and O–H groups in total. The van der Waals surface area contributed by atoms with Crippen LogP contribution in [0, 0.1) is 0 Å². The van der Waals surface area contributed by atoms with Crippen LogP contribution in [-0.4, -0.2) is 76.4 Å². The number of carboxylic acid groups (broad SMARTS) is 2. The molecular weight excluding hydrogens is 672 g/mol. The summed E-state index contributed by atoms with van der Waals surface area (Å²) in [6.45, 7) is 14.1. The summed E-state index contributed by atoms with van der Waals surface area (Å²) in [6, 6.07) is 8.87. The van der Waals surface area contributed by atoms with E-state index >= 15 is 0 Å². The van der Waals surface area contributed by atoms with Crippen molar-refractivity contribution in [3.63, 3.8) is 0 Å². The summed E-state index contributed by atoms with van der Waals surface area (Å²) < 4.78 is 21.6. The summed E-state index contributed by atoms with van der Waals surface area (Å²) >= 11 is 0. The van der Waals surface area contributed by atoms with Crippen molar-refractivity contribution < 1.29 is 59.0 Å². The van der Waals surface area contributed by atoms with Crippen LogP contribution in [0.25, 0.3) is 0 Å². The molecule has 52 heavy (non-hydrogen) atoms. The Kier molecular flexibility index (Phi) is 16.7. The van der Waals surface area contributed by atoms with E-state index in [0.29, 0.717) is 24.9 Å². The zero-order valence-corrected chi connectivity index (χ0v) is 32.4. The summed E-state index contributed by atoms with van der Waals surface area (Å²) in [5.41, 5.74) is 4.76. The molecule has 2 unspecified atom stereocenters. The van der Waals surface area contributed by atoms with Gasteiger partial charge in [0.15, 0.2) is 23.0 Å². The molecule has 14 heteroatoms. The van der Waals surface area contributed by atoms with E-state index < -0.39 is 11.9 Å². The number of aliphatic carboxylic acids is 2. The van der Waals surface area contributed by atoms with Gasteiger partial charge in [0.2, 0.25) is 11.8 Å². The van der Waals surface area contributed by atoms with Gasteiger partial charge in [0.1, 0.15) is 12.1 Å². The lowest BCUT2D eigenvalue weighted by Gasteiger charge is -2.26. The number of amides is 2. The molecule has 2 amide bonds. The molecule has 14 nitrogen and oxygen atoms in total. The smallest absolute Gasteiger partial charge is 0.220 e. The van der Waals surface area contributed by atoms with Crippen molar-refractivity contribution in [3.05, 3.63) is 46.5 Å². The van der Waals surface area contributed by atoms with Crippen LogP contribution in [0.5, 0.6) is 23.0 Å². The number of benzene rings is 2. The molecule has 0 spiro atoms. The Balaban J connectivity index is 0.000000312. The Morgan fingerprint density at radius 2 is 0.923 bits per heavy atom. The number of fused-ring (bicyclic) bond motifs is 2. The van der Waals surface area contributed by atoms with Gasteiger partial charge in [-0.3, -0.25) is 9.59 Å². The summed E-state index contributed by atoms with van der Waals surface area (Å²) in [7, 11) is 6.63. The third-order valence-electron chi connectivity index (χ3n) is 8.38. The summed E-state index contributed by atoms with van der Waals surface area (Å²) in [5.74, 6) is -1.09. The quantitative estimate of drug-likeness (QED) is 0.233.